The van der Waals surface area contributed by atoms with Gasteiger partial charge >= 0.3 is 15.6 Å². The lowest BCUT2D eigenvalue weighted by Gasteiger charge is -2.47. The third-order valence-electron chi connectivity index (χ3n) is 17.9. The molecular weight excluding hydrogens is 1220 g/mol. The summed E-state index contributed by atoms with van der Waals surface area (Å²) >= 11 is 0. The van der Waals surface area contributed by atoms with Gasteiger partial charge in [-0.15, -0.1) is 0 Å². The van der Waals surface area contributed by atoms with Gasteiger partial charge in [-0.3, -0.25) is 22.9 Å². The Kier molecular flexibility index (Phi) is 42.8. The summed E-state index contributed by atoms with van der Waals surface area (Å²) in [5.74, 6) is -0.549. The summed E-state index contributed by atoms with van der Waals surface area (Å²) in [6.07, 6.45) is -0.601. The van der Waals surface area contributed by atoms with Crippen molar-refractivity contribution in [1.29, 1.82) is 0 Å². The van der Waals surface area contributed by atoms with Gasteiger partial charge in [0.15, 0.2) is 6.29 Å². The van der Waals surface area contributed by atoms with E-state index in [9.17, 15) is 95.2 Å². The van der Waals surface area contributed by atoms with E-state index in [0.29, 0.717) is 12.8 Å². The summed E-state index contributed by atoms with van der Waals surface area (Å²) in [6.45, 7) is 2.21. The van der Waals surface area contributed by atoms with Crippen LogP contribution in [0.3, 0.4) is 0 Å². The maximum absolute atomic E-state index is 13.8. The lowest BCUT2D eigenvalue weighted by Crippen LogP contribution is -2.67. The van der Waals surface area contributed by atoms with E-state index < -0.39 is 157 Å². The first-order valence-electron chi connectivity index (χ1n) is 34.3. The van der Waals surface area contributed by atoms with Crippen LogP contribution >= 0.6 is 15.6 Å². The van der Waals surface area contributed by atoms with Crippen LogP contribution in [0, 0.1) is 0 Å². The average molecular weight is 1340 g/mol. The molecule has 1 aliphatic heterocycles. The van der Waals surface area contributed by atoms with Crippen molar-refractivity contribution in [2.75, 3.05) is 13.2 Å². The number of hydrogen-bond acceptors (Lipinski definition) is 23. The Labute approximate surface area is 534 Å². The van der Waals surface area contributed by atoms with Gasteiger partial charge in [-0.25, -0.2) is 9.13 Å². The molecule has 3 rings (SSSR count). The number of nitrogens with one attached hydrogen (secondary N) is 1. The largest absolute Gasteiger partial charge is 0.472 e. The number of aliphatic hydroxyl groups excluding tert-OH is 14. The van der Waals surface area contributed by atoms with E-state index in [1.54, 1.807) is 0 Å². The van der Waals surface area contributed by atoms with Crippen LogP contribution < -0.4 is 5.32 Å². The summed E-state index contributed by atoms with van der Waals surface area (Å²) in [7, 11) is -11.1. The van der Waals surface area contributed by atoms with E-state index in [4.69, 9.17) is 27.6 Å². The second-order valence-corrected chi connectivity index (χ2v) is 28.4. The molecule has 534 valence electrons. The summed E-state index contributed by atoms with van der Waals surface area (Å²) in [6, 6.07) is -1.51. The highest BCUT2D eigenvalue weighted by atomic mass is 31.2. The van der Waals surface area contributed by atoms with Crippen molar-refractivity contribution in [3.05, 3.63) is 0 Å². The maximum Gasteiger partial charge on any atom is 0.472 e. The molecule has 26 nitrogen and oxygen atoms in total. The SMILES string of the molecule is CCCCCCCCCCCCCCCCCCCCCCCCCC(=O)N[C@@H](COP(=O)(O)O[C@@H]1[C@H](O)[C@H](O)[C@@H](O)[C@H](O)[C@H]1OC1O[C@H](COP(=O)(O)OC2[C@H](O)[C@H](O)C(O)[C@H](O)[C@H]2O)[C@@H](O)[C@H](O)[C@@H]1O)[C@H](O)C(O)CCCCCCCCCCCCCC. The Morgan fingerprint density at radius 3 is 1.14 bits per heavy atom. The molecule has 2 aliphatic carbocycles. The monoisotopic (exact) mass is 1340 g/mol. The molecule has 90 heavy (non-hydrogen) atoms. The minimum Gasteiger partial charge on any atom is -0.390 e. The molecule has 0 aromatic carbocycles. The smallest absolute Gasteiger partial charge is 0.390 e. The zero-order valence-electron chi connectivity index (χ0n) is 53.8. The van der Waals surface area contributed by atoms with Gasteiger partial charge in [0.05, 0.1) is 25.4 Å². The number of amides is 1. The molecule has 0 bridgehead atoms. The van der Waals surface area contributed by atoms with Crippen LogP contribution in [0.5, 0.6) is 0 Å². The summed E-state index contributed by atoms with van der Waals surface area (Å²) in [5.41, 5.74) is 0. The van der Waals surface area contributed by atoms with Gasteiger partial charge in [0, 0.05) is 6.42 Å². The van der Waals surface area contributed by atoms with Gasteiger partial charge in [-0.2, -0.15) is 0 Å². The molecule has 0 spiro atoms. The van der Waals surface area contributed by atoms with E-state index in [-0.39, 0.29) is 12.8 Å². The Bertz CT molecular complexity index is 1920. The number of phosphoric ester groups is 2. The first kappa shape index (κ1) is 83.3. The van der Waals surface area contributed by atoms with Crippen molar-refractivity contribution in [2.45, 2.75) is 374 Å². The van der Waals surface area contributed by atoms with Gasteiger partial charge in [-0.05, 0) is 12.8 Å². The van der Waals surface area contributed by atoms with Crippen LogP contribution in [0.25, 0.3) is 0 Å². The number of carbonyl (C=O) groups is 1. The molecule has 3 fully saturated rings. The van der Waals surface area contributed by atoms with Crippen molar-refractivity contribution in [3.8, 4) is 0 Å². The van der Waals surface area contributed by atoms with Gasteiger partial charge < -0.3 is 96.1 Å². The van der Waals surface area contributed by atoms with Crippen LogP contribution in [-0.4, -0.2) is 223 Å². The van der Waals surface area contributed by atoms with Crippen molar-refractivity contribution < 1.29 is 123 Å². The number of ether oxygens (including phenoxy) is 2. The van der Waals surface area contributed by atoms with E-state index in [1.807, 2.05) is 0 Å². The number of unbranched alkanes of at least 4 members (excludes halogenated alkanes) is 33. The fraction of sp³-hybridized carbons (Fsp3) is 0.984. The molecule has 6 unspecified atom stereocenters. The number of phosphoric acid groups is 2. The highest BCUT2D eigenvalue weighted by Crippen LogP contribution is 2.49. The first-order valence-corrected chi connectivity index (χ1v) is 37.3. The standard InChI is InChI=1S/C62H121NO25P2/c1-3-5-7-9-11-13-15-17-18-19-20-21-22-23-24-25-26-27-29-31-33-35-37-39-45(65)63-42(46(66)43(64)38-36-34-32-30-28-16-14-12-10-8-6-4-2)40-83-89(79,80)88-61-57(77)53(73)52(72)56(76)60(61)86-62-58(78)48(68)47(67)44(85-62)41-84-90(81,82)87-59-54(74)50(70)49(69)51(71)55(59)75/h42-44,46-62,64,66-78H,3-41H2,1-2H3,(H,63,65)(H,79,80)(H,81,82)/t42-,43?,44+,46-,47+,48-,49?,50-,51+,52+,53+,54+,55+,56-,57+,58-,59?,60+,61+,62?/m0/s1. The highest BCUT2D eigenvalue weighted by Gasteiger charge is 2.56. The molecule has 0 radical (unpaired) electrons. The zero-order chi connectivity index (χ0) is 66.7. The summed E-state index contributed by atoms with van der Waals surface area (Å²) < 4.78 is 57.9. The van der Waals surface area contributed by atoms with Crippen LogP contribution in [0.2, 0.25) is 0 Å². The van der Waals surface area contributed by atoms with E-state index in [1.165, 1.54) is 148 Å². The van der Waals surface area contributed by atoms with E-state index in [2.05, 4.69) is 19.2 Å². The van der Waals surface area contributed by atoms with Gasteiger partial charge in [0.1, 0.15) is 104 Å². The molecule has 17 N–H and O–H groups in total. The Morgan fingerprint density at radius 1 is 0.411 bits per heavy atom. The second-order valence-electron chi connectivity index (χ2n) is 25.6. The molecule has 22 atom stereocenters. The highest BCUT2D eigenvalue weighted by molar-refractivity contribution is 7.47. The first-order chi connectivity index (χ1) is 42.9. The topological polar surface area (TPSA) is 442 Å². The molecule has 1 saturated heterocycles. The minimum atomic E-state index is -5.61. The third kappa shape index (κ3) is 31.1. The molecule has 28 heteroatoms. The summed E-state index contributed by atoms with van der Waals surface area (Å²) in [5, 5.41) is 152. The minimum absolute atomic E-state index is 0.0212. The number of aliphatic hydroxyl groups is 14. The van der Waals surface area contributed by atoms with Crippen molar-refractivity contribution >= 4 is 21.6 Å². The van der Waals surface area contributed by atoms with Crippen molar-refractivity contribution in [2.24, 2.45) is 0 Å². The molecular formula is C62H121NO25P2. The van der Waals surface area contributed by atoms with Crippen LogP contribution in [0.1, 0.15) is 251 Å². The molecule has 3 aliphatic rings. The average Bonchev–Trinajstić information content (AvgIpc) is 0.880. The maximum atomic E-state index is 13.8. The van der Waals surface area contributed by atoms with Crippen LogP contribution in [-0.2, 0) is 41.5 Å². The van der Waals surface area contributed by atoms with Crippen molar-refractivity contribution in [3.63, 3.8) is 0 Å². The normalized spacial score (nSPS) is 31.4. The van der Waals surface area contributed by atoms with E-state index in [0.717, 1.165) is 64.2 Å². The number of carbonyl (C=O) groups excluding carboxylic acids is 1. The predicted molar refractivity (Wildman–Crippen MR) is 333 cm³/mol. The number of rotatable bonds is 52. The van der Waals surface area contributed by atoms with Crippen molar-refractivity contribution in [1.82, 2.24) is 5.32 Å². The molecule has 0 aromatic heterocycles. The van der Waals surface area contributed by atoms with Crippen LogP contribution in [0.4, 0.5) is 0 Å². The fourth-order valence-electron chi connectivity index (χ4n) is 12.0. The lowest BCUT2D eigenvalue weighted by molar-refractivity contribution is -0.337. The predicted octanol–water partition coefficient (Wildman–Crippen LogP) is 5.14. The van der Waals surface area contributed by atoms with Gasteiger partial charge in [0.2, 0.25) is 5.91 Å². The third-order valence-corrected chi connectivity index (χ3v) is 19.9. The quantitative estimate of drug-likeness (QED) is 0.0277. The number of hydrogen-bond donors (Lipinski definition) is 17. The van der Waals surface area contributed by atoms with Gasteiger partial charge in [-0.1, -0.05) is 232 Å². The zero-order valence-corrected chi connectivity index (χ0v) is 55.6. The van der Waals surface area contributed by atoms with Gasteiger partial charge in [0.25, 0.3) is 0 Å². The summed E-state index contributed by atoms with van der Waals surface area (Å²) in [4.78, 5) is 35.0. The Balaban J connectivity index is 1.56. The molecule has 1 heterocycles. The van der Waals surface area contributed by atoms with Crippen LogP contribution in [0.15, 0.2) is 0 Å². The molecule has 1 amide bonds. The lowest BCUT2D eigenvalue weighted by atomic mass is 9.84. The molecule has 0 aromatic rings. The molecule has 2 saturated carbocycles. The fourth-order valence-corrected chi connectivity index (χ4v) is 13.9. The second kappa shape index (κ2) is 46.3. The Hall–Kier alpha value is -0.950. The Morgan fingerprint density at radius 2 is 0.733 bits per heavy atom. The van der Waals surface area contributed by atoms with E-state index >= 15 is 0 Å².